The van der Waals surface area contributed by atoms with Gasteiger partial charge in [0.05, 0.1) is 33.8 Å². The van der Waals surface area contributed by atoms with Crippen LogP contribution in [0.1, 0.15) is 17.5 Å². The Morgan fingerprint density at radius 1 is 1.05 bits per heavy atom. The quantitative estimate of drug-likeness (QED) is 0.199. The van der Waals surface area contributed by atoms with E-state index in [1.807, 2.05) is 48.7 Å². The minimum atomic E-state index is -3.18. The number of thiocarbonyl (C=S) groups is 1. The first-order valence-corrected chi connectivity index (χ1v) is 15.9. The lowest BCUT2D eigenvalue weighted by Crippen LogP contribution is -2.39. The van der Waals surface area contributed by atoms with Gasteiger partial charge < -0.3 is 4.74 Å². The van der Waals surface area contributed by atoms with E-state index >= 15 is 0 Å². The molecule has 2 aliphatic heterocycles. The highest BCUT2D eigenvalue weighted by Gasteiger charge is 2.42. The molecule has 1 amide bonds. The molecule has 0 saturated carbocycles. The van der Waals surface area contributed by atoms with Crippen molar-refractivity contribution in [1.82, 2.24) is 14.7 Å². The first-order valence-electron chi connectivity index (χ1n) is 12.9. The third-order valence-corrected chi connectivity index (χ3v) is 10.0. The van der Waals surface area contributed by atoms with Gasteiger partial charge in [0.25, 0.3) is 5.91 Å². The number of para-hydroxylation sites is 1. The van der Waals surface area contributed by atoms with Crippen LogP contribution >= 0.6 is 24.0 Å². The molecular weight excluding hydrogens is 582 g/mol. The predicted molar refractivity (Wildman–Crippen MR) is 162 cm³/mol. The zero-order chi connectivity index (χ0) is 28.6. The van der Waals surface area contributed by atoms with Crippen molar-refractivity contribution in [3.63, 3.8) is 0 Å². The lowest BCUT2D eigenvalue weighted by molar-refractivity contribution is -0.123. The zero-order valence-electron chi connectivity index (χ0n) is 21.6. The van der Waals surface area contributed by atoms with Gasteiger partial charge in [-0.15, -0.1) is 0 Å². The lowest BCUT2D eigenvalue weighted by atomic mass is 10.1. The van der Waals surface area contributed by atoms with Crippen LogP contribution in [0.3, 0.4) is 0 Å². The zero-order valence-corrected chi connectivity index (χ0v) is 24.1. The summed E-state index contributed by atoms with van der Waals surface area (Å²) in [6.07, 6.45) is 3.98. The van der Waals surface area contributed by atoms with E-state index in [-0.39, 0.29) is 29.8 Å². The van der Waals surface area contributed by atoms with Crippen molar-refractivity contribution in [3.05, 3.63) is 107 Å². The fraction of sp³-hybridized carbons (Fsp3) is 0.167. The number of amides is 1. The minimum Gasteiger partial charge on any atom is -0.489 e. The summed E-state index contributed by atoms with van der Waals surface area (Å²) in [7, 11) is -3.18. The fourth-order valence-electron chi connectivity index (χ4n) is 4.83. The lowest BCUT2D eigenvalue weighted by Gasteiger charge is -2.20. The van der Waals surface area contributed by atoms with Crippen molar-refractivity contribution >= 4 is 50.1 Å². The summed E-state index contributed by atoms with van der Waals surface area (Å²) < 4.78 is 45.9. The Bertz CT molecular complexity index is 1770. The molecule has 6 rings (SSSR count). The highest BCUT2D eigenvalue weighted by atomic mass is 32.2. The minimum absolute atomic E-state index is 0.0573. The summed E-state index contributed by atoms with van der Waals surface area (Å²) in [4.78, 5) is 15.2. The van der Waals surface area contributed by atoms with Crippen LogP contribution in [0.5, 0.6) is 5.75 Å². The number of rotatable bonds is 7. The third-order valence-electron chi connectivity index (χ3n) is 6.93. The van der Waals surface area contributed by atoms with Gasteiger partial charge in [-0.05, 0) is 55.0 Å². The Kier molecular flexibility index (Phi) is 7.50. The number of carbonyl (C=O) groups is 1. The maximum absolute atomic E-state index is 14.0. The van der Waals surface area contributed by atoms with Crippen molar-refractivity contribution in [3.8, 4) is 22.7 Å². The van der Waals surface area contributed by atoms with E-state index in [2.05, 4.69) is 0 Å². The van der Waals surface area contributed by atoms with Crippen molar-refractivity contribution in [2.75, 3.05) is 11.5 Å². The molecule has 3 aromatic carbocycles. The average molecular weight is 606 g/mol. The molecule has 208 valence electrons. The summed E-state index contributed by atoms with van der Waals surface area (Å²) in [6, 6.07) is 23.0. The highest BCUT2D eigenvalue weighted by molar-refractivity contribution is 8.26. The van der Waals surface area contributed by atoms with E-state index in [1.54, 1.807) is 41.1 Å². The molecular formula is C30H24FN3O4S3. The molecule has 0 spiro atoms. The van der Waals surface area contributed by atoms with Crippen LogP contribution in [-0.2, 0) is 21.2 Å². The second kappa shape index (κ2) is 11.2. The van der Waals surface area contributed by atoms with Crippen LogP contribution in [-0.4, -0.2) is 50.9 Å². The van der Waals surface area contributed by atoms with E-state index in [0.717, 1.165) is 11.3 Å². The molecule has 0 radical (unpaired) electrons. The van der Waals surface area contributed by atoms with Gasteiger partial charge in [0, 0.05) is 22.9 Å². The molecule has 11 heteroatoms. The fourth-order valence-corrected chi connectivity index (χ4v) is 7.92. The van der Waals surface area contributed by atoms with Crippen molar-refractivity contribution in [2.45, 2.75) is 19.1 Å². The Morgan fingerprint density at radius 2 is 1.78 bits per heavy atom. The number of carbonyl (C=O) groups excluding carboxylic acids is 1. The number of ether oxygens (including phenoxy) is 1. The van der Waals surface area contributed by atoms with Crippen LogP contribution in [0.2, 0.25) is 0 Å². The largest absolute Gasteiger partial charge is 0.489 e. The summed E-state index contributed by atoms with van der Waals surface area (Å²) in [5, 5.41) is 4.82. The molecule has 0 unspecified atom stereocenters. The maximum Gasteiger partial charge on any atom is 0.266 e. The van der Waals surface area contributed by atoms with E-state index in [1.165, 1.54) is 22.7 Å². The molecule has 0 bridgehead atoms. The Morgan fingerprint density at radius 3 is 2.49 bits per heavy atom. The number of sulfone groups is 1. The van der Waals surface area contributed by atoms with Crippen molar-refractivity contribution in [2.24, 2.45) is 0 Å². The van der Waals surface area contributed by atoms with E-state index in [9.17, 15) is 17.6 Å². The number of nitrogens with zero attached hydrogens (tertiary/aromatic N) is 3. The van der Waals surface area contributed by atoms with Crippen LogP contribution in [0.15, 0.2) is 90.0 Å². The molecule has 41 heavy (non-hydrogen) atoms. The molecule has 3 heterocycles. The number of halogens is 1. The van der Waals surface area contributed by atoms with Gasteiger partial charge in [-0.1, -0.05) is 60.4 Å². The smallest absolute Gasteiger partial charge is 0.266 e. The number of hydrogen-bond donors (Lipinski definition) is 0. The van der Waals surface area contributed by atoms with Gasteiger partial charge in [0.2, 0.25) is 0 Å². The molecule has 1 atom stereocenters. The Balaban J connectivity index is 1.30. The molecule has 0 N–H and O–H groups in total. The molecule has 2 fully saturated rings. The summed E-state index contributed by atoms with van der Waals surface area (Å²) in [5.41, 5.74) is 3.45. The van der Waals surface area contributed by atoms with Gasteiger partial charge in [-0.3, -0.25) is 9.69 Å². The average Bonchev–Trinajstić information content (AvgIpc) is 3.63. The number of benzene rings is 3. The van der Waals surface area contributed by atoms with Crippen LogP contribution in [0.25, 0.3) is 23.0 Å². The van der Waals surface area contributed by atoms with E-state index < -0.39 is 15.9 Å². The van der Waals surface area contributed by atoms with Crippen LogP contribution in [0.4, 0.5) is 4.39 Å². The summed E-state index contributed by atoms with van der Waals surface area (Å²) >= 11 is 6.65. The van der Waals surface area contributed by atoms with Gasteiger partial charge >= 0.3 is 0 Å². The maximum atomic E-state index is 14.0. The standard InChI is InChI=1S/C30H24FN3O4S3/c31-26-9-5-4-6-21(26)18-38-25-12-10-20(11-13-25)28-22(17-33(32-28)23-7-2-1-3-8-23)16-27-29(35)34(30(39)40-27)24-14-15-41(36,37)19-24/h1-13,16-17,24H,14-15,18-19H2/b27-16-/t24-/m1/s1. The van der Waals surface area contributed by atoms with Gasteiger partial charge in [-0.25, -0.2) is 17.5 Å². The number of aromatic nitrogens is 2. The molecule has 0 aliphatic carbocycles. The first kappa shape index (κ1) is 27.4. The monoisotopic (exact) mass is 605 g/mol. The number of thioether (sulfide) groups is 1. The normalized spacial score (nSPS) is 19.3. The SMILES string of the molecule is O=C1/C(=C/c2cn(-c3ccccc3)nc2-c2ccc(OCc3ccccc3F)cc2)SC(=S)N1[C@@H]1CCS(=O)(=O)C1. The Labute approximate surface area is 246 Å². The van der Waals surface area contributed by atoms with Crippen LogP contribution in [0, 0.1) is 5.82 Å². The topological polar surface area (TPSA) is 81.5 Å². The molecule has 4 aromatic rings. The molecule has 2 aliphatic rings. The third kappa shape index (κ3) is 5.83. The van der Waals surface area contributed by atoms with Gasteiger partial charge in [-0.2, -0.15) is 5.10 Å². The highest BCUT2D eigenvalue weighted by Crippen LogP contribution is 2.38. The summed E-state index contributed by atoms with van der Waals surface area (Å²) in [5.74, 6) is -0.0529. The Hall–Kier alpha value is -3.80. The second-order valence-electron chi connectivity index (χ2n) is 9.73. The first-order chi connectivity index (χ1) is 19.8. The van der Waals surface area contributed by atoms with Crippen molar-refractivity contribution in [1.29, 1.82) is 0 Å². The van der Waals surface area contributed by atoms with E-state index in [4.69, 9.17) is 22.1 Å². The van der Waals surface area contributed by atoms with Gasteiger partial charge in [0.15, 0.2) is 9.84 Å². The number of hydrogen-bond acceptors (Lipinski definition) is 7. The molecule has 1 aromatic heterocycles. The van der Waals surface area contributed by atoms with Crippen molar-refractivity contribution < 1.29 is 22.3 Å². The van der Waals surface area contributed by atoms with Gasteiger partial charge in [0.1, 0.15) is 22.5 Å². The molecule has 7 nitrogen and oxygen atoms in total. The predicted octanol–water partition coefficient (Wildman–Crippen LogP) is 5.65. The van der Waals surface area contributed by atoms with Crippen LogP contribution < -0.4 is 4.74 Å². The molecule has 2 saturated heterocycles. The second-order valence-corrected chi connectivity index (χ2v) is 13.6. The van der Waals surface area contributed by atoms with E-state index in [0.29, 0.717) is 38.2 Å². The summed E-state index contributed by atoms with van der Waals surface area (Å²) in [6.45, 7) is 0.101.